The van der Waals surface area contributed by atoms with E-state index in [1.54, 1.807) is 18.2 Å². The first-order chi connectivity index (χ1) is 12.6. The largest absolute Gasteiger partial charge is 0.497 e. The Hall–Kier alpha value is -3.35. The molecule has 1 amide bonds. The average molecular weight is 351 g/mol. The van der Waals surface area contributed by atoms with Crippen molar-refractivity contribution in [1.82, 2.24) is 9.97 Å². The second-order valence-electron chi connectivity index (χ2n) is 6.03. The molecule has 26 heavy (non-hydrogen) atoms. The maximum absolute atomic E-state index is 13.0. The number of imidazole rings is 1. The summed E-state index contributed by atoms with van der Waals surface area (Å²) in [6, 6.07) is 12.5. The van der Waals surface area contributed by atoms with E-state index in [4.69, 9.17) is 9.47 Å². The fourth-order valence-electron chi connectivity index (χ4n) is 3.16. The van der Waals surface area contributed by atoms with Gasteiger partial charge in [-0.25, -0.2) is 4.98 Å². The molecular weight excluding hydrogens is 334 g/mol. The van der Waals surface area contributed by atoms with Crippen molar-refractivity contribution in [2.24, 2.45) is 0 Å². The molecule has 132 valence electrons. The summed E-state index contributed by atoms with van der Waals surface area (Å²) < 4.78 is 10.5. The maximum Gasteiger partial charge on any atom is 0.245 e. The summed E-state index contributed by atoms with van der Waals surface area (Å²) in [6.07, 6.45) is 0. The SMILES string of the molecule is COc1cc(OC)cc(N2CC(=O)C(c3nc4ccccc4[nH]3)C2=O)c1. The number of fused-ring (bicyclic) bond motifs is 1. The third-order valence-corrected chi connectivity index (χ3v) is 4.48. The third-order valence-electron chi connectivity index (χ3n) is 4.48. The number of aromatic amines is 1. The summed E-state index contributed by atoms with van der Waals surface area (Å²) in [5.41, 5.74) is 2.08. The minimum Gasteiger partial charge on any atom is -0.497 e. The molecular formula is C19H17N3O4. The van der Waals surface area contributed by atoms with E-state index in [0.29, 0.717) is 23.0 Å². The van der Waals surface area contributed by atoms with Gasteiger partial charge in [-0.2, -0.15) is 0 Å². The standard InChI is InChI=1S/C19H17N3O4/c1-25-12-7-11(8-13(9-12)26-2)22-10-16(23)17(19(22)24)18-20-14-5-3-4-6-15(14)21-18/h3-9,17H,10H2,1-2H3,(H,20,21). The second-order valence-corrected chi connectivity index (χ2v) is 6.03. The Labute approximate surface area is 149 Å². The molecule has 1 aliphatic rings. The van der Waals surface area contributed by atoms with E-state index in [1.807, 2.05) is 24.3 Å². The van der Waals surface area contributed by atoms with Gasteiger partial charge in [0.1, 0.15) is 17.3 Å². The lowest BCUT2D eigenvalue weighted by Gasteiger charge is -2.17. The summed E-state index contributed by atoms with van der Waals surface area (Å²) in [6.45, 7) is -0.0170. The number of ketones is 1. The Morgan fingerprint density at radius 1 is 1.08 bits per heavy atom. The van der Waals surface area contributed by atoms with Crippen LogP contribution in [0, 0.1) is 0 Å². The van der Waals surface area contributed by atoms with Gasteiger partial charge in [-0.15, -0.1) is 0 Å². The molecule has 1 atom stereocenters. The number of nitrogens with one attached hydrogen (secondary N) is 1. The predicted octanol–water partition coefficient (Wildman–Crippen LogP) is 2.28. The van der Waals surface area contributed by atoms with Crippen LogP contribution >= 0.6 is 0 Å². The van der Waals surface area contributed by atoms with Crippen LogP contribution in [0.5, 0.6) is 11.5 Å². The molecule has 0 saturated carbocycles. The highest BCUT2D eigenvalue weighted by atomic mass is 16.5. The monoisotopic (exact) mass is 351 g/mol. The van der Waals surface area contributed by atoms with Gasteiger partial charge < -0.3 is 19.4 Å². The molecule has 2 heterocycles. The summed E-state index contributed by atoms with van der Waals surface area (Å²) in [7, 11) is 3.07. The van der Waals surface area contributed by atoms with E-state index in [0.717, 1.165) is 11.0 Å². The number of nitrogens with zero attached hydrogens (tertiary/aromatic N) is 2. The van der Waals surface area contributed by atoms with Crippen LogP contribution in [-0.2, 0) is 9.59 Å². The molecule has 1 fully saturated rings. The number of rotatable bonds is 4. The summed E-state index contributed by atoms with van der Waals surface area (Å²) in [5.74, 6) is 0.0249. The number of methoxy groups -OCH3 is 2. The van der Waals surface area contributed by atoms with E-state index in [1.165, 1.54) is 19.1 Å². The van der Waals surface area contributed by atoms with Crippen molar-refractivity contribution in [3.8, 4) is 11.5 Å². The predicted molar refractivity (Wildman–Crippen MR) is 95.7 cm³/mol. The van der Waals surface area contributed by atoms with Crippen molar-refractivity contribution in [3.63, 3.8) is 0 Å². The molecule has 1 aromatic heterocycles. The lowest BCUT2D eigenvalue weighted by molar-refractivity contribution is -0.123. The maximum atomic E-state index is 13.0. The smallest absolute Gasteiger partial charge is 0.245 e. The van der Waals surface area contributed by atoms with Gasteiger partial charge in [0.05, 0.1) is 37.5 Å². The van der Waals surface area contributed by atoms with Crippen LogP contribution < -0.4 is 14.4 Å². The first-order valence-corrected chi connectivity index (χ1v) is 8.12. The molecule has 1 saturated heterocycles. The number of hydrogen-bond acceptors (Lipinski definition) is 5. The molecule has 0 radical (unpaired) electrons. The number of ether oxygens (including phenoxy) is 2. The van der Waals surface area contributed by atoms with Crippen molar-refractivity contribution in [3.05, 3.63) is 48.3 Å². The van der Waals surface area contributed by atoms with Crippen LogP contribution in [0.1, 0.15) is 11.7 Å². The lowest BCUT2D eigenvalue weighted by atomic mass is 10.1. The normalized spacial score (nSPS) is 17.2. The zero-order chi connectivity index (χ0) is 18.3. The highest BCUT2D eigenvalue weighted by Gasteiger charge is 2.43. The number of amides is 1. The molecule has 3 aromatic rings. The topological polar surface area (TPSA) is 84.5 Å². The minimum absolute atomic E-state index is 0.0170. The van der Waals surface area contributed by atoms with Gasteiger partial charge in [-0.3, -0.25) is 9.59 Å². The van der Waals surface area contributed by atoms with Crippen molar-refractivity contribution in [2.75, 3.05) is 25.7 Å². The third kappa shape index (κ3) is 2.57. The fraction of sp³-hybridized carbons (Fsp3) is 0.211. The number of Topliss-reactive ketones (excluding diaryl/α,β-unsaturated/α-hetero) is 1. The van der Waals surface area contributed by atoms with Gasteiger partial charge in [0.15, 0.2) is 11.7 Å². The highest BCUT2D eigenvalue weighted by Crippen LogP contribution is 2.34. The van der Waals surface area contributed by atoms with Crippen molar-refractivity contribution >= 4 is 28.4 Å². The lowest BCUT2D eigenvalue weighted by Crippen LogP contribution is -2.26. The molecule has 1 N–H and O–H groups in total. The Morgan fingerprint density at radius 2 is 1.77 bits per heavy atom. The van der Waals surface area contributed by atoms with E-state index in [9.17, 15) is 9.59 Å². The van der Waals surface area contributed by atoms with Crippen molar-refractivity contribution in [2.45, 2.75) is 5.92 Å². The molecule has 1 aliphatic heterocycles. The highest BCUT2D eigenvalue weighted by molar-refractivity contribution is 6.21. The second kappa shape index (κ2) is 6.18. The van der Waals surface area contributed by atoms with Gasteiger partial charge in [-0.05, 0) is 12.1 Å². The number of hydrogen-bond donors (Lipinski definition) is 1. The van der Waals surface area contributed by atoms with Gasteiger partial charge in [-0.1, -0.05) is 12.1 Å². The number of anilines is 1. The van der Waals surface area contributed by atoms with Crippen LogP contribution in [0.25, 0.3) is 11.0 Å². The quantitative estimate of drug-likeness (QED) is 0.729. The molecule has 0 aliphatic carbocycles. The van der Waals surface area contributed by atoms with E-state index in [2.05, 4.69) is 9.97 Å². The average Bonchev–Trinajstić information content (AvgIpc) is 3.21. The van der Waals surface area contributed by atoms with Gasteiger partial charge in [0.2, 0.25) is 5.91 Å². The Morgan fingerprint density at radius 3 is 2.42 bits per heavy atom. The van der Waals surface area contributed by atoms with Gasteiger partial charge >= 0.3 is 0 Å². The number of carbonyl (C=O) groups excluding carboxylic acids is 2. The first-order valence-electron chi connectivity index (χ1n) is 8.12. The molecule has 0 spiro atoms. The van der Waals surface area contributed by atoms with Crippen molar-refractivity contribution < 1.29 is 19.1 Å². The van der Waals surface area contributed by atoms with Gasteiger partial charge in [0, 0.05) is 18.2 Å². The number of H-pyrrole nitrogens is 1. The van der Waals surface area contributed by atoms with E-state index in [-0.39, 0.29) is 18.2 Å². The molecule has 0 bridgehead atoms. The molecule has 4 rings (SSSR count). The number of aromatic nitrogens is 2. The minimum atomic E-state index is -0.931. The summed E-state index contributed by atoms with van der Waals surface area (Å²) in [4.78, 5) is 34.5. The van der Waals surface area contributed by atoms with Crippen LogP contribution in [-0.4, -0.2) is 42.4 Å². The Kier molecular flexibility index (Phi) is 3.84. The van der Waals surface area contributed by atoms with E-state index < -0.39 is 5.92 Å². The zero-order valence-electron chi connectivity index (χ0n) is 14.4. The summed E-state index contributed by atoms with van der Waals surface area (Å²) in [5, 5.41) is 0. The van der Waals surface area contributed by atoms with E-state index >= 15 is 0 Å². The zero-order valence-corrected chi connectivity index (χ0v) is 14.4. The van der Waals surface area contributed by atoms with Crippen LogP contribution in [0.3, 0.4) is 0 Å². The molecule has 2 aromatic carbocycles. The van der Waals surface area contributed by atoms with Crippen molar-refractivity contribution in [1.29, 1.82) is 0 Å². The Bertz CT molecular complexity index is 956. The molecule has 7 nitrogen and oxygen atoms in total. The number of carbonyl (C=O) groups is 2. The summed E-state index contributed by atoms with van der Waals surface area (Å²) >= 11 is 0. The Balaban J connectivity index is 1.71. The molecule has 1 unspecified atom stereocenters. The van der Waals surface area contributed by atoms with Crippen LogP contribution in [0.4, 0.5) is 5.69 Å². The number of para-hydroxylation sites is 2. The van der Waals surface area contributed by atoms with Gasteiger partial charge in [0.25, 0.3) is 0 Å². The molecule has 7 heteroatoms. The van der Waals surface area contributed by atoms with Crippen LogP contribution in [0.15, 0.2) is 42.5 Å². The number of benzene rings is 2. The first kappa shape index (κ1) is 16.1. The fourth-order valence-corrected chi connectivity index (χ4v) is 3.16. The van der Waals surface area contributed by atoms with Crippen LogP contribution in [0.2, 0.25) is 0 Å².